The van der Waals surface area contributed by atoms with Crippen molar-refractivity contribution in [3.63, 3.8) is 0 Å². The van der Waals surface area contributed by atoms with Gasteiger partial charge in [0.15, 0.2) is 9.04 Å². The van der Waals surface area contributed by atoms with Crippen LogP contribution in [0.15, 0.2) is 0 Å². The van der Waals surface area contributed by atoms with Gasteiger partial charge in [-0.15, -0.1) is 0 Å². The summed E-state index contributed by atoms with van der Waals surface area (Å²) in [6, 6.07) is 0. The molecule has 3 fully saturated rings. The Morgan fingerprint density at radius 1 is 1.17 bits per heavy atom. The average molecular weight is 357 g/mol. The molecule has 5 atom stereocenters. The van der Waals surface area contributed by atoms with Gasteiger partial charge in [-0.3, -0.25) is 9.59 Å². The minimum absolute atomic E-state index is 0.211. The summed E-state index contributed by atoms with van der Waals surface area (Å²) < 4.78 is 17.2. The van der Waals surface area contributed by atoms with Gasteiger partial charge in [0, 0.05) is 6.61 Å². The Balaban J connectivity index is 0.00000100. The molecule has 0 radical (unpaired) electrons. The van der Waals surface area contributed by atoms with E-state index in [4.69, 9.17) is 13.9 Å². The normalized spacial score (nSPS) is 38.5. The number of carbonyl (C=O) groups excluding carboxylic acids is 2. The lowest BCUT2D eigenvalue weighted by atomic mass is 9.67. The second kappa shape index (κ2) is 6.54. The first-order valence-corrected chi connectivity index (χ1v) is 11.4. The zero-order valence-electron chi connectivity index (χ0n) is 16.1. The van der Waals surface area contributed by atoms with Crippen molar-refractivity contribution in [1.82, 2.24) is 0 Å². The highest BCUT2D eigenvalue weighted by Gasteiger charge is 2.73. The molecule has 3 aliphatic rings. The molecule has 3 rings (SSSR count). The highest BCUT2D eigenvalue weighted by molar-refractivity contribution is 6.53. The van der Waals surface area contributed by atoms with E-state index in [1.807, 2.05) is 20.8 Å². The van der Waals surface area contributed by atoms with E-state index >= 15 is 0 Å². The molecule has 3 unspecified atom stereocenters. The van der Waals surface area contributed by atoms with Gasteiger partial charge in [-0.05, 0) is 37.8 Å². The molecule has 0 aromatic rings. The molecule has 138 valence electrons. The van der Waals surface area contributed by atoms with Crippen LogP contribution >= 0.6 is 0 Å². The predicted molar refractivity (Wildman–Crippen MR) is 94.2 cm³/mol. The molecular formula is C18H32O5Si. The molecule has 0 amide bonds. The third kappa shape index (κ3) is 3.08. The van der Waals surface area contributed by atoms with E-state index in [0.29, 0.717) is 13.0 Å². The molecule has 2 bridgehead atoms. The molecule has 3 heterocycles. The largest absolute Gasteiger partial charge is 0.420 e. The topological polar surface area (TPSA) is 61.8 Å². The van der Waals surface area contributed by atoms with Crippen molar-refractivity contribution in [1.29, 1.82) is 0 Å². The maximum atomic E-state index is 12.1. The van der Waals surface area contributed by atoms with Crippen molar-refractivity contribution in [3.8, 4) is 0 Å². The average Bonchev–Trinajstić information content (AvgIpc) is 3.08. The third-order valence-corrected chi connectivity index (χ3v) is 9.04. The lowest BCUT2D eigenvalue weighted by Gasteiger charge is -2.31. The summed E-state index contributed by atoms with van der Waals surface area (Å²) in [5, 5.41) is 0.211. The van der Waals surface area contributed by atoms with E-state index in [9.17, 15) is 9.59 Å². The number of ether oxygens (including phenoxy) is 2. The number of hydrogen-bond acceptors (Lipinski definition) is 5. The Hall–Kier alpha value is -0.723. The van der Waals surface area contributed by atoms with Crippen LogP contribution in [-0.2, 0) is 23.5 Å². The Morgan fingerprint density at radius 3 is 2.33 bits per heavy atom. The molecule has 24 heavy (non-hydrogen) atoms. The smallest absolute Gasteiger partial charge is 0.320 e. The highest BCUT2D eigenvalue weighted by Crippen LogP contribution is 2.61. The molecule has 0 spiro atoms. The predicted octanol–water partition coefficient (Wildman–Crippen LogP) is 3.21. The molecular weight excluding hydrogens is 324 g/mol. The minimum atomic E-state index is -1.29. The van der Waals surface area contributed by atoms with Gasteiger partial charge in [-0.2, -0.15) is 0 Å². The van der Waals surface area contributed by atoms with Crippen LogP contribution in [0.5, 0.6) is 0 Å². The summed E-state index contributed by atoms with van der Waals surface area (Å²) >= 11 is 0. The monoisotopic (exact) mass is 356 g/mol. The number of esters is 2. The SMILES string of the molecule is CC.C[SiH](OCCC12CCC(C)(O1)[C@H]1C(=O)OC(=O)[C@H]12)C(C)(C)C. The van der Waals surface area contributed by atoms with Gasteiger partial charge in [-0.1, -0.05) is 34.6 Å². The molecule has 0 aliphatic carbocycles. The van der Waals surface area contributed by atoms with E-state index in [2.05, 4.69) is 27.3 Å². The van der Waals surface area contributed by atoms with Crippen molar-refractivity contribution >= 4 is 21.0 Å². The molecule has 0 aromatic carbocycles. The van der Waals surface area contributed by atoms with Crippen LogP contribution in [0, 0.1) is 11.8 Å². The molecule has 0 N–H and O–H groups in total. The Bertz CT molecular complexity index is 514. The summed E-state index contributed by atoms with van der Waals surface area (Å²) in [4.78, 5) is 24.1. The first-order valence-electron chi connectivity index (χ1n) is 9.16. The lowest BCUT2D eigenvalue weighted by Crippen LogP contribution is -2.42. The maximum Gasteiger partial charge on any atom is 0.320 e. The number of hydrogen-bond donors (Lipinski definition) is 0. The van der Waals surface area contributed by atoms with E-state index in [-0.39, 0.29) is 5.04 Å². The van der Waals surface area contributed by atoms with Gasteiger partial charge in [0.25, 0.3) is 0 Å². The van der Waals surface area contributed by atoms with E-state index < -0.39 is 44.0 Å². The van der Waals surface area contributed by atoms with E-state index in [1.54, 1.807) is 0 Å². The van der Waals surface area contributed by atoms with Crippen molar-refractivity contribution in [2.75, 3.05) is 6.61 Å². The maximum absolute atomic E-state index is 12.1. The van der Waals surface area contributed by atoms with Gasteiger partial charge in [0.05, 0.1) is 11.2 Å². The van der Waals surface area contributed by atoms with Crippen LogP contribution in [0.4, 0.5) is 0 Å². The quantitative estimate of drug-likeness (QED) is 0.440. The van der Waals surface area contributed by atoms with Crippen LogP contribution in [0.1, 0.15) is 60.8 Å². The fourth-order valence-electron chi connectivity index (χ4n) is 4.07. The molecule has 3 aliphatic heterocycles. The Morgan fingerprint density at radius 2 is 1.75 bits per heavy atom. The van der Waals surface area contributed by atoms with Crippen LogP contribution in [0.25, 0.3) is 0 Å². The molecule has 0 aromatic heterocycles. The second-order valence-corrected chi connectivity index (χ2v) is 11.7. The summed E-state index contributed by atoms with van der Waals surface area (Å²) in [5.41, 5.74) is -1.10. The molecule has 3 saturated heterocycles. The summed E-state index contributed by atoms with van der Waals surface area (Å²) in [6.07, 6.45) is 2.28. The van der Waals surface area contributed by atoms with Crippen LogP contribution < -0.4 is 0 Å². The van der Waals surface area contributed by atoms with Crippen molar-refractivity contribution in [2.45, 2.75) is 83.6 Å². The zero-order valence-corrected chi connectivity index (χ0v) is 17.3. The van der Waals surface area contributed by atoms with Gasteiger partial charge in [0.2, 0.25) is 0 Å². The Labute approximate surface area is 147 Å². The number of carbonyl (C=O) groups is 2. The van der Waals surface area contributed by atoms with Gasteiger partial charge in [0.1, 0.15) is 11.8 Å². The van der Waals surface area contributed by atoms with Crippen LogP contribution in [0.3, 0.4) is 0 Å². The van der Waals surface area contributed by atoms with Crippen LogP contribution in [-0.4, -0.2) is 38.8 Å². The first-order chi connectivity index (χ1) is 11.1. The highest BCUT2D eigenvalue weighted by atomic mass is 28.3. The molecule has 0 saturated carbocycles. The van der Waals surface area contributed by atoms with E-state index in [0.717, 1.165) is 12.8 Å². The second-order valence-electron chi connectivity index (χ2n) is 8.30. The standard InChI is InChI=1S/C16H26O5Si.C2H6/c1-14(2,3)22(5)19-9-8-16-7-6-15(4,21-16)10-11(16)13(18)20-12(10)17;1-2/h10-11,22H,6-9H2,1-5H3;1-2H3/t10-,11+,15?,16?,22?;/m1./s1. The van der Waals surface area contributed by atoms with E-state index in [1.165, 1.54) is 0 Å². The van der Waals surface area contributed by atoms with Crippen molar-refractivity contribution in [3.05, 3.63) is 0 Å². The van der Waals surface area contributed by atoms with Gasteiger partial charge >= 0.3 is 11.9 Å². The number of fused-ring (bicyclic) bond motifs is 5. The fourth-order valence-corrected chi connectivity index (χ4v) is 5.04. The van der Waals surface area contributed by atoms with Gasteiger partial charge in [-0.25, -0.2) is 0 Å². The van der Waals surface area contributed by atoms with Crippen LogP contribution in [0.2, 0.25) is 11.6 Å². The number of rotatable bonds is 4. The molecule has 6 heteroatoms. The Kier molecular flexibility index (Phi) is 5.34. The summed E-state index contributed by atoms with van der Waals surface area (Å²) in [5.74, 6) is -1.67. The number of cyclic esters (lactones) is 2. The van der Waals surface area contributed by atoms with Crippen molar-refractivity contribution < 1.29 is 23.5 Å². The minimum Gasteiger partial charge on any atom is -0.420 e. The first kappa shape index (κ1) is 19.6. The summed E-state index contributed by atoms with van der Waals surface area (Å²) in [6.45, 7) is 15.3. The zero-order chi connectivity index (χ0) is 18.3. The third-order valence-electron chi connectivity index (χ3n) is 5.86. The fraction of sp³-hybridized carbons (Fsp3) is 0.889. The lowest BCUT2D eigenvalue weighted by molar-refractivity contribution is -0.162. The van der Waals surface area contributed by atoms with Gasteiger partial charge < -0.3 is 13.9 Å². The summed E-state index contributed by atoms with van der Waals surface area (Å²) in [7, 11) is -1.29. The molecule has 5 nitrogen and oxygen atoms in total. The van der Waals surface area contributed by atoms with Crippen molar-refractivity contribution in [2.24, 2.45) is 11.8 Å².